The molecule has 1 aromatic carbocycles. The molecule has 1 aliphatic heterocycles. The topological polar surface area (TPSA) is 59.1 Å². The van der Waals surface area contributed by atoms with Crippen LogP contribution >= 0.6 is 0 Å². The van der Waals surface area contributed by atoms with E-state index in [0.29, 0.717) is 17.2 Å². The molecule has 138 valence electrons. The Balaban J connectivity index is 2.24. The van der Waals surface area contributed by atoms with Crippen LogP contribution in [-0.2, 0) is 9.59 Å². The minimum atomic E-state index is -0.193. The lowest BCUT2D eigenvalue weighted by molar-refractivity contribution is -0.134. The van der Waals surface area contributed by atoms with Crippen molar-refractivity contribution in [1.82, 2.24) is 4.90 Å². The summed E-state index contributed by atoms with van der Waals surface area (Å²) in [5.41, 5.74) is 0.578. The van der Waals surface area contributed by atoms with Crippen molar-refractivity contribution in [3.05, 3.63) is 18.2 Å². The summed E-state index contributed by atoms with van der Waals surface area (Å²) in [5.74, 6) is 0.937. The number of carbonyl (C=O) groups excluding carboxylic acids is 2. The van der Waals surface area contributed by atoms with Crippen LogP contribution in [0.15, 0.2) is 18.2 Å². The summed E-state index contributed by atoms with van der Waals surface area (Å²) in [6.45, 7) is 4.35. The van der Waals surface area contributed by atoms with Gasteiger partial charge in [0.25, 0.3) is 0 Å². The van der Waals surface area contributed by atoms with Gasteiger partial charge in [-0.2, -0.15) is 0 Å². The summed E-state index contributed by atoms with van der Waals surface area (Å²) >= 11 is 0. The van der Waals surface area contributed by atoms with Crippen LogP contribution in [0.1, 0.15) is 39.5 Å². The van der Waals surface area contributed by atoms with Gasteiger partial charge >= 0.3 is 0 Å². The summed E-state index contributed by atoms with van der Waals surface area (Å²) in [6, 6.07) is 5.49. The van der Waals surface area contributed by atoms with Gasteiger partial charge in [0.05, 0.1) is 19.9 Å². The molecular formula is C19H28N2O4. The SMILES string of the molecule is CCC1CCCCN1C(=O)CN(C(C)=O)c1ccc(OC)cc1OC. The number of hydrogen-bond donors (Lipinski definition) is 0. The largest absolute Gasteiger partial charge is 0.497 e. The van der Waals surface area contributed by atoms with E-state index in [9.17, 15) is 9.59 Å². The molecule has 25 heavy (non-hydrogen) atoms. The zero-order valence-electron chi connectivity index (χ0n) is 15.6. The normalized spacial score (nSPS) is 17.1. The van der Waals surface area contributed by atoms with Crippen molar-refractivity contribution >= 4 is 17.5 Å². The maximum Gasteiger partial charge on any atom is 0.242 e. The standard InChI is InChI=1S/C19H28N2O4/c1-5-15-8-6-7-11-20(15)19(23)13-21(14(2)22)17-10-9-16(24-3)12-18(17)25-4/h9-10,12,15H,5-8,11,13H2,1-4H3. The first-order valence-corrected chi connectivity index (χ1v) is 8.81. The Kier molecular flexibility index (Phi) is 6.67. The lowest BCUT2D eigenvalue weighted by Crippen LogP contribution is -2.48. The highest BCUT2D eigenvalue weighted by Crippen LogP contribution is 2.32. The van der Waals surface area contributed by atoms with Gasteiger partial charge in [-0.1, -0.05) is 6.92 Å². The highest BCUT2D eigenvalue weighted by Gasteiger charge is 2.28. The lowest BCUT2D eigenvalue weighted by atomic mass is 10.00. The van der Waals surface area contributed by atoms with Gasteiger partial charge in [-0.3, -0.25) is 14.5 Å². The Bertz CT molecular complexity index is 617. The molecule has 0 aromatic heterocycles. The Morgan fingerprint density at radius 3 is 2.60 bits per heavy atom. The predicted molar refractivity (Wildman–Crippen MR) is 97.2 cm³/mol. The van der Waals surface area contributed by atoms with Gasteiger partial charge in [-0.05, 0) is 37.8 Å². The number of amides is 2. The zero-order chi connectivity index (χ0) is 18.4. The second kappa shape index (κ2) is 8.74. The van der Waals surface area contributed by atoms with Crippen molar-refractivity contribution in [3.8, 4) is 11.5 Å². The molecule has 0 N–H and O–H groups in total. The highest BCUT2D eigenvalue weighted by atomic mass is 16.5. The van der Waals surface area contributed by atoms with Crippen LogP contribution in [0.4, 0.5) is 5.69 Å². The summed E-state index contributed by atoms with van der Waals surface area (Å²) in [4.78, 5) is 28.4. The molecule has 1 aliphatic rings. The number of anilines is 1. The number of rotatable bonds is 6. The number of likely N-dealkylation sites (tertiary alicyclic amines) is 1. The Morgan fingerprint density at radius 1 is 1.24 bits per heavy atom. The summed E-state index contributed by atoms with van der Waals surface area (Å²) in [5, 5.41) is 0. The molecule has 2 amide bonds. The van der Waals surface area contributed by atoms with Gasteiger partial charge in [0.2, 0.25) is 11.8 Å². The van der Waals surface area contributed by atoms with Gasteiger partial charge in [-0.25, -0.2) is 0 Å². The Labute approximate surface area is 149 Å². The molecule has 0 radical (unpaired) electrons. The Hall–Kier alpha value is -2.24. The highest BCUT2D eigenvalue weighted by molar-refractivity contribution is 5.98. The number of benzene rings is 1. The second-order valence-corrected chi connectivity index (χ2v) is 6.29. The van der Waals surface area contributed by atoms with Gasteiger partial charge < -0.3 is 14.4 Å². The van der Waals surface area contributed by atoms with Crippen molar-refractivity contribution in [1.29, 1.82) is 0 Å². The van der Waals surface area contributed by atoms with Crippen molar-refractivity contribution in [3.63, 3.8) is 0 Å². The zero-order valence-corrected chi connectivity index (χ0v) is 15.6. The third-order valence-corrected chi connectivity index (χ3v) is 4.77. The number of nitrogens with zero attached hydrogens (tertiary/aromatic N) is 2. The predicted octanol–water partition coefficient (Wildman–Crippen LogP) is 2.85. The molecule has 0 bridgehead atoms. The molecule has 1 saturated heterocycles. The molecule has 1 unspecified atom stereocenters. The van der Waals surface area contributed by atoms with E-state index in [1.54, 1.807) is 25.3 Å². The molecule has 1 atom stereocenters. The smallest absolute Gasteiger partial charge is 0.242 e. The molecule has 0 saturated carbocycles. The molecule has 1 heterocycles. The van der Waals surface area contributed by atoms with E-state index in [-0.39, 0.29) is 24.4 Å². The van der Waals surface area contributed by atoms with Crippen molar-refractivity contribution < 1.29 is 19.1 Å². The monoisotopic (exact) mass is 348 g/mol. The molecule has 0 spiro atoms. The number of ether oxygens (including phenoxy) is 2. The maximum atomic E-state index is 12.8. The van der Waals surface area contributed by atoms with Crippen LogP contribution in [-0.4, -0.2) is 50.1 Å². The molecule has 2 rings (SSSR count). The van der Waals surface area contributed by atoms with E-state index >= 15 is 0 Å². The minimum Gasteiger partial charge on any atom is -0.497 e. The van der Waals surface area contributed by atoms with Crippen LogP contribution < -0.4 is 14.4 Å². The first-order chi connectivity index (χ1) is 12.0. The van der Waals surface area contributed by atoms with E-state index < -0.39 is 0 Å². The average molecular weight is 348 g/mol. The van der Waals surface area contributed by atoms with Crippen molar-refractivity contribution in [2.75, 3.05) is 32.2 Å². The number of carbonyl (C=O) groups is 2. The second-order valence-electron chi connectivity index (χ2n) is 6.29. The molecule has 1 fully saturated rings. The maximum absolute atomic E-state index is 12.8. The van der Waals surface area contributed by atoms with Crippen LogP contribution in [0.2, 0.25) is 0 Å². The van der Waals surface area contributed by atoms with Crippen molar-refractivity contribution in [2.24, 2.45) is 0 Å². The fraction of sp³-hybridized carbons (Fsp3) is 0.579. The third-order valence-electron chi connectivity index (χ3n) is 4.77. The van der Waals surface area contributed by atoms with E-state index in [2.05, 4.69) is 6.92 Å². The molecule has 0 aliphatic carbocycles. The van der Waals surface area contributed by atoms with Crippen molar-refractivity contribution in [2.45, 2.75) is 45.6 Å². The van der Waals surface area contributed by atoms with E-state index in [0.717, 1.165) is 32.2 Å². The fourth-order valence-corrected chi connectivity index (χ4v) is 3.35. The average Bonchev–Trinajstić information content (AvgIpc) is 2.65. The first-order valence-electron chi connectivity index (χ1n) is 8.81. The third kappa shape index (κ3) is 4.44. The Morgan fingerprint density at radius 2 is 2.00 bits per heavy atom. The van der Waals surface area contributed by atoms with Crippen LogP contribution in [0.3, 0.4) is 0 Å². The quantitative estimate of drug-likeness (QED) is 0.793. The van der Waals surface area contributed by atoms with Gasteiger partial charge in [0.1, 0.15) is 18.0 Å². The van der Waals surface area contributed by atoms with Gasteiger partial charge in [0, 0.05) is 25.6 Å². The fourth-order valence-electron chi connectivity index (χ4n) is 3.35. The molecule has 6 nitrogen and oxygen atoms in total. The van der Waals surface area contributed by atoms with Gasteiger partial charge in [-0.15, -0.1) is 0 Å². The molecule has 1 aromatic rings. The lowest BCUT2D eigenvalue weighted by Gasteiger charge is -2.36. The van der Waals surface area contributed by atoms with Gasteiger partial charge in [0.15, 0.2) is 0 Å². The minimum absolute atomic E-state index is 0.0142. The van der Waals surface area contributed by atoms with E-state index in [1.807, 2.05) is 4.90 Å². The first kappa shape index (κ1) is 19.1. The van der Waals surface area contributed by atoms with Crippen LogP contribution in [0.5, 0.6) is 11.5 Å². The molecular weight excluding hydrogens is 320 g/mol. The van der Waals surface area contributed by atoms with Crippen LogP contribution in [0, 0.1) is 0 Å². The molecule has 6 heteroatoms. The van der Waals surface area contributed by atoms with E-state index in [1.165, 1.54) is 18.9 Å². The van der Waals surface area contributed by atoms with E-state index in [4.69, 9.17) is 9.47 Å². The van der Waals surface area contributed by atoms with Crippen LogP contribution in [0.25, 0.3) is 0 Å². The number of piperidine rings is 1. The number of hydrogen-bond acceptors (Lipinski definition) is 4. The summed E-state index contributed by atoms with van der Waals surface area (Å²) < 4.78 is 10.6. The summed E-state index contributed by atoms with van der Waals surface area (Å²) in [6.07, 6.45) is 4.16. The number of methoxy groups -OCH3 is 2. The summed E-state index contributed by atoms with van der Waals surface area (Å²) in [7, 11) is 3.11.